The van der Waals surface area contributed by atoms with Gasteiger partial charge in [-0.3, -0.25) is 4.79 Å². The number of nitrogens with two attached hydrogens (primary N) is 1. The van der Waals surface area contributed by atoms with Crippen LogP contribution in [0.4, 0.5) is 5.69 Å². The van der Waals surface area contributed by atoms with E-state index in [1.54, 1.807) is 0 Å². The number of hydrogen-bond donors (Lipinski definition) is 2. The van der Waals surface area contributed by atoms with Crippen LogP contribution in [0.15, 0.2) is 24.3 Å². The standard InChI is InChI=1S/C16H23N3O/c17-16(7-2-1-3-8-16)13-5-4-6-14(11-13)19-10-9-18-12-15(19)20/h4-6,11,18H,1-3,7-10,12,17H2. The highest BCUT2D eigenvalue weighted by molar-refractivity contribution is 5.95. The summed E-state index contributed by atoms with van der Waals surface area (Å²) >= 11 is 0. The lowest BCUT2D eigenvalue weighted by Crippen LogP contribution is -2.48. The van der Waals surface area contributed by atoms with Crippen LogP contribution in [0, 0.1) is 0 Å². The maximum atomic E-state index is 12.0. The minimum atomic E-state index is -0.203. The predicted octanol–water partition coefficient (Wildman–Crippen LogP) is 1.74. The van der Waals surface area contributed by atoms with Gasteiger partial charge in [0.2, 0.25) is 5.91 Å². The molecule has 0 radical (unpaired) electrons. The van der Waals surface area contributed by atoms with E-state index in [2.05, 4.69) is 17.4 Å². The highest BCUT2D eigenvalue weighted by Gasteiger charge is 2.30. The lowest BCUT2D eigenvalue weighted by atomic mass is 9.77. The van der Waals surface area contributed by atoms with Gasteiger partial charge in [-0.25, -0.2) is 0 Å². The molecule has 1 heterocycles. The van der Waals surface area contributed by atoms with Gasteiger partial charge in [0.25, 0.3) is 0 Å². The molecule has 3 N–H and O–H groups in total. The van der Waals surface area contributed by atoms with E-state index in [0.717, 1.165) is 31.6 Å². The zero-order valence-electron chi connectivity index (χ0n) is 11.9. The largest absolute Gasteiger partial charge is 0.321 e. The molecule has 0 bridgehead atoms. The summed E-state index contributed by atoms with van der Waals surface area (Å²) in [5, 5.41) is 3.10. The molecule has 1 aliphatic heterocycles. The van der Waals surface area contributed by atoms with Gasteiger partial charge in [0.1, 0.15) is 0 Å². The van der Waals surface area contributed by atoms with E-state index in [1.165, 1.54) is 24.8 Å². The second-order valence-electron chi connectivity index (χ2n) is 5.99. The third-order valence-electron chi connectivity index (χ3n) is 4.57. The Labute approximate surface area is 120 Å². The van der Waals surface area contributed by atoms with Crippen molar-refractivity contribution in [2.75, 3.05) is 24.5 Å². The predicted molar refractivity (Wildman–Crippen MR) is 80.6 cm³/mol. The second kappa shape index (κ2) is 5.54. The molecular formula is C16H23N3O. The molecule has 4 heteroatoms. The van der Waals surface area contributed by atoms with E-state index < -0.39 is 0 Å². The number of anilines is 1. The number of amides is 1. The number of benzene rings is 1. The van der Waals surface area contributed by atoms with Gasteiger partial charge in [-0.2, -0.15) is 0 Å². The topological polar surface area (TPSA) is 58.4 Å². The Morgan fingerprint density at radius 3 is 2.75 bits per heavy atom. The average Bonchev–Trinajstić information content (AvgIpc) is 2.49. The molecule has 0 aromatic heterocycles. The molecule has 1 amide bonds. The van der Waals surface area contributed by atoms with Crippen molar-refractivity contribution in [3.05, 3.63) is 29.8 Å². The Kier molecular flexibility index (Phi) is 3.76. The van der Waals surface area contributed by atoms with Crippen molar-refractivity contribution >= 4 is 11.6 Å². The number of carbonyl (C=O) groups is 1. The first-order valence-electron chi connectivity index (χ1n) is 7.60. The van der Waals surface area contributed by atoms with Gasteiger partial charge < -0.3 is 16.0 Å². The van der Waals surface area contributed by atoms with Crippen LogP contribution in [0.25, 0.3) is 0 Å². The normalized spacial score (nSPS) is 22.9. The van der Waals surface area contributed by atoms with Crippen molar-refractivity contribution in [1.29, 1.82) is 0 Å². The van der Waals surface area contributed by atoms with E-state index in [1.807, 2.05) is 17.0 Å². The number of piperazine rings is 1. The molecule has 3 rings (SSSR count). The maximum absolute atomic E-state index is 12.0. The molecule has 4 nitrogen and oxygen atoms in total. The molecule has 108 valence electrons. The maximum Gasteiger partial charge on any atom is 0.240 e. The highest BCUT2D eigenvalue weighted by atomic mass is 16.2. The summed E-state index contributed by atoms with van der Waals surface area (Å²) in [6.45, 7) is 2.02. The minimum Gasteiger partial charge on any atom is -0.321 e. The average molecular weight is 273 g/mol. The zero-order chi connectivity index (χ0) is 14.0. The molecule has 1 aliphatic carbocycles. The van der Waals surface area contributed by atoms with Crippen molar-refractivity contribution in [3.63, 3.8) is 0 Å². The molecule has 1 saturated carbocycles. The van der Waals surface area contributed by atoms with Crippen LogP contribution >= 0.6 is 0 Å². The van der Waals surface area contributed by atoms with Crippen LogP contribution in [0.5, 0.6) is 0 Å². The number of rotatable bonds is 2. The lowest BCUT2D eigenvalue weighted by molar-refractivity contribution is -0.118. The SMILES string of the molecule is NC1(c2cccc(N3CCNCC3=O)c2)CCCCC1. The summed E-state index contributed by atoms with van der Waals surface area (Å²) < 4.78 is 0. The summed E-state index contributed by atoms with van der Waals surface area (Å²) in [5.41, 5.74) is 8.57. The van der Waals surface area contributed by atoms with Gasteiger partial charge in [-0.1, -0.05) is 31.4 Å². The summed E-state index contributed by atoms with van der Waals surface area (Å²) in [6.07, 6.45) is 5.79. The molecule has 1 saturated heterocycles. The van der Waals surface area contributed by atoms with Crippen LogP contribution in [-0.4, -0.2) is 25.5 Å². The van der Waals surface area contributed by atoms with Crippen LogP contribution in [0.3, 0.4) is 0 Å². The highest BCUT2D eigenvalue weighted by Crippen LogP contribution is 2.36. The van der Waals surface area contributed by atoms with Crippen molar-refractivity contribution in [1.82, 2.24) is 5.32 Å². The Morgan fingerprint density at radius 1 is 1.20 bits per heavy atom. The van der Waals surface area contributed by atoms with Crippen LogP contribution in [-0.2, 0) is 10.3 Å². The van der Waals surface area contributed by atoms with Gasteiger partial charge >= 0.3 is 0 Å². The summed E-state index contributed by atoms with van der Waals surface area (Å²) in [5.74, 6) is 0.142. The zero-order valence-corrected chi connectivity index (χ0v) is 11.9. The molecule has 1 aromatic carbocycles. The molecule has 2 aliphatic rings. The molecule has 0 unspecified atom stereocenters. The quantitative estimate of drug-likeness (QED) is 0.863. The summed E-state index contributed by atoms with van der Waals surface area (Å²) in [4.78, 5) is 13.9. The fraction of sp³-hybridized carbons (Fsp3) is 0.562. The first kappa shape index (κ1) is 13.6. The Balaban J connectivity index is 1.87. The van der Waals surface area contributed by atoms with Crippen molar-refractivity contribution in [2.24, 2.45) is 5.73 Å². The van der Waals surface area contributed by atoms with Crippen molar-refractivity contribution < 1.29 is 4.79 Å². The van der Waals surface area contributed by atoms with Gasteiger partial charge in [0.05, 0.1) is 6.54 Å². The number of nitrogens with one attached hydrogen (secondary N) is 1. The van der Waals surface area contributed by atoms with E-state index in [4.69, 9.17) is 5.73 Å². The van der Waals surface area contributed by atoms with Crippen molar-refractivity contribution in [3.8, 4) is 0 Å². The minimum absolute atomic E-state index is 0.142. The van der Waals surface area contributed by atoms with Gasteiger partial charge in [0, 0.05) is 24.3 Å². The monoisotopic (exact) mass is 273 g/mol. The summed E-state index contributed by atoms with van der Waals surface area (Å²) in [7, 11) is 0. The third-order valence-corrected chi connectivity index (χ3v) is 4.57. The molecule has 2 fully saturated rings. The third kappa shape index (κ3) is 2.58. The Morgan fingerprint density at radius 2 is 2.00 bits per heavy atom. The molecule has 1 aromatic rings. The molecule has 20 heavy (non-hydrogen) atoms. The smallest absolute Gasteiger partial charge is 0.240 e. The van der Waals surface area contributed by atoms with Gasteiger partial charge in [-0.15, -0.1) is 0 Å². The van der Waals surface area contributed by atoms with Crippen LogP contribution in [0.2, 0.25) is 0 Å². The summed E-state index contributed by atoms with van der Waals surface area (Å²) in [6, 6.07) is 8.28. The van der Waals surface area contributed by atoms with E-state index in [9.17, 15) is 4.79 Å². The fourth-order valence-corrected chi connectivity index (χ4v) is 3.33. The van der Waals surface area contributed by atoms with Gasteiger partial charge in [0.15, 0.2) is 0 Å². The molecule has 0 atom stereocenters. The lowest BCUT2D eigenvalue weighted by Gasteiger charge is -2.35. The number of hydrogen-bond acceptors (Lipinski definition) is 3. The molecular weight excluding hydrogens is 250 g/mol. The van der Waals surface area contributed by atoms with E-state index in [-0.39, 0.29) is 11.4 Å². The Hall–Kier alpha value is -1.39. The first-order chi connectivity index (χ1) is 9.69. The number of nitrogens with zero attached hydrogens (tertiary/aromatic N) is 1. The molecule has 0 spiro atoms. The first-order valence-corrected chi connectivity index (χ1v) is 7.60. The fourth-order valence-electron chi connectivity index (χ4n) is 3.33. The van der Waals surface area contributed by atoms with Crippen LogP contribution in [0.1, 0.15) is 37.7 Å². The Bertz CT molecular complexity index is 494. The number of carbonyl (C=O) groups excluding carboxylic acids is 1. The van der Waals surface area contributed by atoms with Gasteiger partial charge in [-0.05, 0) is 30.5 Å². The van der Waals surface area contributed by atoms with Crippen molar-refractivity contribution in [2.45, 2.75) is 37.6 Å². The van der Waals surface area contributed by atoms with Crippen LogP contribution < -0.4 is 16.0 Å². The second-order valence-corrected chi connectivity index (χ2v) is 5.99. The van der Waals surface area contributed by atoms with E-state index >= 15 is 0 Å². The van der Waals surface area contributed by atoms with E-state index in [0.29, 0.717) is 6.54 Å².